The maximum atomic E-state index is 10.4. The number of rotatable bonds is 3. The number of hydrogen-bond donors (Lipinski definition) is 1. The molecule has 3 heteroatoms. The van der Waals surface area contributed by atoms with Crippen molar-refractivity contribution < 1.29 is 4.79 Å². The van der Waals surface area contributed by atoms with Crippen molar-refractivity contribution in [2.45, 2.75) is 6.92 Å². The summed E-state index contributed by atoms with van der Waals surface area (Å²) in [7, 11) is 0. The molecule has 0 aliphatic rings. The molecule has 0 atom stereocenters. The minimum Gasteiger partial charge on any atom is -0.383 e. The van der Waals surface area contributed by atoms with E-state index in [-0.39, 0.29) is 0 Å². The highest BCUT2D eigenvalue weighted by atomic mass is 16.1. The standard InChI is InChI=1S/C8H10N2O/c1-2-10-8-5-9-4-3-7(8)6-11/h3-6,10H,2H2,1H3. The third-order valence-corrected chi connectivity index (χ3v) is 1.35. The van der Waals surface area contributed by atoms with Crippen LogP contribution in [0.4, 0.5) is 5.69 Å². The van der Waals surface area contributed by atoms with Gasteiger partial charge >= 0.3 is 0 Å². The van der Waals surface area contributed by atoms with Gasteiger partial charge in [-0.15, -0.1) is 0 Å². The lowest BCUT2D eigenvalue weighted by Gasteiger charge is -2.03. The molecule has 0 spiro atoms. The van der Waals surface area contributed by atoms with Crippen molar-refractivity contribution in [1.82, 2.24) is 4.98 Å². The Balaban J connectivity index is 2.92. The topological polar surface area (TPSA) is 42.0 Å². The van der Waals surface area contributed by atoms with Crippen LogP contribution in [0.2, 0.25) is 0 Å². The molecular weight excluding hydrogens is 140 g/mol. The van der Waals surface area contributed by atoms with Crippen LogP contribution in [0.1, 0.15) is 17.3 Å². The summed E-state index contributed by atoms with van der Waals surface area (Å²) < 4.78 is 0. The van der Waals surface area contributed by atoms with Gasteiger partial charge in [0.15, 0.2) is 6.29 Å². The second-order valence-corrected chi connectivity index (χ2v) is 2.11. The molecule has 58 valence electrons. The first-order valence-electron chi connectivity index (χ1n) is 3.51. The fraction of sp³-hybridized carbons (Fsp3) is 0.250. The lowest BCUT2D eigenvalue weighted by molar-refractivity contribution is 0.112. The van der Waals surface area contributed by atoms with E-state index in [9.17, 15) is 4.79 Å². The SMILES string of the molecule is CCNc1cnccc1C=O. The molecule has 1 rings (SSSR count). The van der Waals surface area contributed by atoms with E-state index < -0.39 is 0 Å². The predicted octanol–water partition coefficient (Wildman–Crippen LogP) is 1.33. The van der Waals surface area contributed by atoms with Crippen molar-refractivity contribution in [1.29, 1.82) is 0 Å². The second-order valence-electron chi connectivity index (χ2n) is 2.11. The number of pyridine rings is 1. The highest BCUT2D eigenvalue weighted by Gasteiger charge is 1.96. The molecule has 0 saturated carbocycles. The van der Waals surface area contributed by atoms with Crippen LogP contribution in [0.15, 0.2) is 18.5 Å². The molecular formula is C8H10N2O. The van der Waals surface area contributed by atoms with E-state index in [1.165, 1.54) is 0 Å². The highest BCUT2D eigenvalue weighted by Crippen LogP contribution is 2.09. The number of anilines is 1. The molecule has 1 heterocycles. The van der Waals surface area contributed by atoms with Gasteiger partial charge < -0.3 is 5.32 Å². The van der Waals surface area contributed by atoms with Crippen molar-refractivity contribution in [3.05, 3.63) is 24.0 Å². The van der Waals surface area contributed by atoms with Gasteiger partial charge in [0.25, 0.3) is 0 Å². The lowest BCUT2D eigenvalue weighted by Crippen LogP contribution is -2.00. The fourth-order valence-corrected chi connectivity index (χ4v) is 0.846. The number of carbonyl (C=O) groups is 1. The van der Waals surface area contributed by atoms with E-state index in [2.05, 4.69) is 10.3 Å². The van der Waals surface area contributed by atoms with Gasteiger partial charge in [-0.25, -0.2) is 0 Å². The number of nitrogens with zero attached hydrogens (tertiary/aromatic N) is 1. The van der Waals surface area contributed by atoms with Gasteiger partial charge in [0, 0.05) is 18.3 Å². The summed E-state index contributed by atoms with van der Waals surface area (Å²) in [5, 5.41) is 3.03. The van der Waals surface area contributed by atoms with Crippen LogP contribution in [-0.2, 0) is 0 Å². The molecule has 1 aromatic heterocycles. The van der Waals surface area contributed by atoms with E-state index in [0.717, 1.165) is 18.5 Å². The molecule has 11 heavy (non-hydrogen) atoms. The Kier molecular flexibility index (Phi) is 2.60. The van der Waals surface area contributed by atoms with E-state index >= 15 is 0 Å². The second kappa shape index (κ2) is 3.71. The van der Waals surface area contributed by atoms with E-state index in [0.29, 0.717) is 5.56 Å². The van der Waals surface area contributed by atoms with Crippen LogP contribution in [0, 0.1) is 0 Å². The van der Waals surface area contributed by atoms with Gasteiger partial charge in [-0.1, -0.05) is 0 Å². The first-order chi connectivity index (χ1) is 5.38. The minimum atomic E-state index is 0.654. The van der Waals surface area contributed by atoms with Gasteiger partial charge in [-0.2, -0.15) is 0 Å². The molecule has 0 aliphatic carbocycles. The molecule has 0 fully saturated rings. The summed E-state index contributed by atoms with van der Waals surface area (Å²) >= 11 is 0. The van der Waals surface area contributed by atoms with Crippen molar-refractivity contribution in [2.75, 3.05) is 11.9 Å². The van der Waals surface area contributed by atoms with Crippen molar-refractivity contribution >= 4 is 12.0 Å². The quantitative estimate of drug-likeness (QED) is 0.661. The normalized spacial score (nSPS) is 9.18. The number of nitrogens with one attached hydrogen (secondary N) is 1. The van der Waals surface area contributed by atoms with Gasteiger partial charge in [0.1, 0.15) is 0 Å². The Bertz CT molecular complexity index is 248. The third-order valence-electron chi connectivity index (χ3n) is 1.35. The Hall–Kier alpha value is -1.38. The summed E-state index contributed by atoms with van der Waals surface area (Å²) in [4.78, 5) is 14.3. The molecule has 0 radical (unpaired) electrons. The van der Waals surface area contributed by atoms with E-state index in [1.807, 2.05) is 6.92 Å². The van der Waals surface area contributed by atoms with Crippen LogP contribution in [-0.4, -0.2) is 17.8 Å². The highest BCUT2D eigenvalue weighted by molar-refractivity contribution is 5.83. The average Bonchev–Trinajstić information content (AvgIpc) is 2.06. The average molecular weight is 150 g/mol. The number of aromatic nitrogens is 1. The Morgan fingerprint density at radius 3 is 3.18 bits per heavy atom. The molecule has 0 amide bonds. The molecule has 0 aromatic carbocycles. The van der Waals surface area contributed by atoms with Gasteiger partial charge in [0.05, 0.1) is 11.9 Å². The van der Waals surface area contributed by atoms with Crippen LogP contribution in [0.3, 0.4) is 0 Å². The zero-order valence-corrected chi connectivity index (χ0v) is 6.37. The summed E-state index contributed by atoms with van der Waals surface area (Å²) in [6.07, 6.45) is 4.07. The Labute approximate surface area is 65.5 Å². The van der Waals surface area contributed by atoms with E-state index in [1.54, 1.807) is 18.5 Å². The summed E-state index contributed by atoms with van der Waals surface area (Å²) in [6.45, 7) is 2.77. The number of carbonyl (C=O) groups excluding carboxylic acids is 1. The first kappa shape index (κ1) is 7.72. The maximum Gasteiger partial charge on any atom is 0.152 e. The first-order valence-corrected chi connectivity index (χ1v) is 3.51. The van der Waals surface area contributed by atoms with Gasteiger partial charge in [-0.3, -0.25) is 9.78 Å². The lowest BCUT2D eigenvalue weighted by atomic mass is 10.2. The van der Waals surface area contributed by atoms with E-state index in [4.69, 9.17) is 0 Å². The molecule has 0 saturated heterocycles. The van der Waals surface area contributed by atoms with Gasteiger partial charge in [0.2, 0.25) is 0 Å². The maximum absolute atomic E-state index is 10.4. The summed E-state index contributed by atoms with van der Waals surface area (Å²) in [5.74, 6) is 0. The zero-order chi connectivity index (χ0) is 8.10. The molecule has 3 nitrogen and oxygen atoms in total. The summed E-state index contributed by atoms with van der Waals surface area (Å²) in [6, 6.07) is 1.69. The molecule has 0 unspecified atom stereocenters. The monoisotopic (exact) mass is 150 g/mol. The molecule has 0 aliphatic heterocycles. The van der Waals surface area contributed by atoms with Crippen LogP contribution in [0.25, 0.3) is 0 Å². The smallest absolute Gasteiger partial charge is 0.152 e. The molecule has 1 aromatic rings. The van der Waals surface area contributed by atoms with Crippen molar-refractivity contribution in [3.8, 4) is 0 Å². The fourth-order valence-electron chi connectivity index (χ4n) is 0.846. The molecule has 0 bridgehead atoms. The van der Waals surface area contributed by atoms with Crippen LogP contribution < -0.4 is 5.32 Å². The number of hydrogen-bond acceptors (Lipinski definition) is 3. The Morgan fingerprint density at radius 1 is 1.73 bits per heavy atom. The molecule has 1 N–H and O–H groups in total. The Morgan fingerprint density at radius 2 is 2.55 bits per heavy atom. The van der Waals surface area contributed by atoms with Crippen molar-refractivity contribution in [3.63, 3.8) is 0 Å². The van der Waals surface area contributed by atoms with Crippen LogP contribution >= 0.6 is 0 Å². The largest absolute Gasteiger partial charge is 0.383 e. The zero-order valence-electron chi connectivity index (χ0n) is 6.37. The van der Waals surface area contributed by atoms with Crippen molar-refractivity contribution in [2.24, 2.45) is 0 Å². The number of aldehydes is 1. The summed E-state index contributed by atoms with van der Waals surface area (Å²) in [5.41, 5.74) is 1.45. The van der Waals surface area contributed by atoms with Crippen LogP contribution in [0.5, 0.6) is 0 Å². The predicted molar refractivity (Wildman–Crippen MR) is 43.8 cm³/mol. The minimum absolute atomic E-state index is 0.654. The third kappa shape index (κ3) is 1.77. The van der Waals surface area contributed by atoms with Gasteiger partial charge in [-0.05, 0) is 13.0 Å².